The number of rotatable bonds is 2. The van der Waals surface area contributed by atoms with Crippen LogP contribution >= 0.6 is 0 Å². The summed E-state index contributed by atoms with van der Waals surface area (Å²) in [6.45, 7) is 1.24. The molecule has 0 atom stereocenters. The number of hydrogen-bond acceptors (Lipinski definition) is 4. The standard InChI is InChI=1S/C12H12N2O4/c15-12(16)6-11-13-7-4-9-10(5-8(7)14-11)18-3-1-2-17-9/h4-5H,1-3,6H2,(H,13,14)(H,15,16). The van der Waals surface area contributed by atoms with E-state index in [0.717, 1.165) is 11.9 Å². The smallest absolute Gasteiger partial charge is 0.311 e. The van der Waals surface area contributed by atoms with Gasteiger partial charge in [-0.05, 0) is 0 Å². The summed E-state index contributed by atoms with van der Waals surface area (Å²) in [6.07, 6.45) is 0.724. The van der Waals surface area contributed by atoms with Crippen molar-refractivity contribution in [3.05, 3.63) is 18.0 Å². The zero-order valence-electron chi connectivity index (χ0n) is 9.60. The summed E-state index contributed by atoms with van der Waals surface area (Å²) in [6, 6.07) is 3.58. The highest BCUT2D eigenvalue weighted by atomic mass is 16.5. The highest BCUT2D eigenvalue weighted by Gasteiger charge is 2.14. The maximum Gasteiger partial charge on any atom is 0.311 e. The quantitative estimate of drug-likeness (QED) is 0.838. The molecular formula is C12H12N2O4. The van der Waals surface area contributed by atoms with E-state index < -0.39 is 5.97 Å². The first-order valence-electron chi connectivity index (χ1n) is 5.72. The molecule has 2 heterocycles. The van der Waals surface area contributed by atoms with Crippen LogP contribution in [0.25, 0.3) is 11.0 Å². The predicted octanol–water partition coefficient (Wildman–Crippen LogP) is 1.35. The summed E-state index contributed by atoms with van der Waals surface area (Å²) in [7, 11) is 0. The van der Waals surface area contributed by atoms with Crippen molar-refractivity contribution in [3.63, 3.8) is 0 Å². The molecule has 0 radical (unpaired) electrons. The first kappa shape index (κ1) is 10.9. The Morgan fingerprint density at radius 2 is 2.06 bits per heavy atom. The van der Waals surface area contributed by atoms with Crippen molar-refractivity contribution >= 4 is 17.0 Å². The van der Waals surface area contributed by atoms with Gasteiger partial charge in [-0.25, -0.2) is 4.98 Å². The molecule has 6 heteroatoms. The number of carbonyl (C=O) groups is 1. The molecule has 1 aromatic heterocycles. The van der Waals surface area contributed by atoms with E-state index in [9.17, 15) is 4.79 Å². The SMILES string of the molecule is O=C(O)Cc1nc2cc3c(cc2[nH]1)OCCCO3. The minimum atomic E-state index is -0.914. The van der Waals surface area contributed by atoms with Gasteiger partial charge in [-0.1, -0.05) is 0 Å². The second-order valence-corrected chi connectivity index (χ2v) is 4.12. The first-order valence-corrected chi connectivity index (χ1v) is 5.72. The molecule has 6 nitrogen and oxygen atoms in total. The highest BCUT2D eigenvalue weighted by Crippen LogP contribution is 2.33. The number of aliphatic carboxylic acids is 1. The van der Waals surface area contributed by atoms with E-state index >= 15 is 0 Å². The minimum absolute atomic E-state index is 0.124. The lowest BCUT2D eigenvalue weighted by Gasteiger charge is -2.05. The molecule has 18 heavy (non-hydrogen) atoms. The third-order valence-corrected chi connectivity index (χ3v) is 2.72. The zero-order valence-corrected chi connectivity index (χ0v) is 9.60. The predicted molar refractivity (Wildman–Crippen MR) is 63.0 cm³/mol. The van der Waals surface area contributed by atoms with E-state index in [2.05, 4.69) is 9.97 Å². The van der Waals surface area contributed by atoms with Gasteiger partial charge >= 0.3 is 5.97 Å². The maximum absolute atomic E-state index is 10.6. The molecule has 2 aromatic rings. The Kier molecular flexibility index (Phi) is 2.55. The lowest BCUT2D eigenvalue weighted by atomic mass is 10.3. The number of imidazole rings is 1. The van der Waals surface area contributed by atoms with Gasteiger partial charge in [-0.15, -0.1) is 0 Å². The lowest BCUT2D eigenvalue weighted by molar-refractivity contribution is -0.136. The molecule has 0 spiro atoms. The number of nitrogens with zero attached hydrogens (tertiary/aromatic N) is 1. The Labute approximate surface area is 103 Å². The van der Waals surface area contributed by atoms with Crippen molar-refractivity contribution in [2.75, 3.05) is 13.2 Å². The molecule has 0 saturated carbocycles. The number of carboxylic acid groups (broad SMARTS) is 1. The van der Waals surface area contributed by atoms with Crippen LogP contribution in [0.15, 0.2) is 12.1 Å². The number of aromatic amines is 1. The van der Waals surface area contributed by atoms with Crippen LogP contribution in [0.4, 0.5) is 0 Å². The van der Waals surface area contributed by atoms with Gasteiger partial charge < -0.3 is 19.6 Å². The summed E-state index contributed by atoms with van der Waals surface area (Å²) < 4.78 is 11.1. The third-order valence-electron chi connectivity index (χ3n) is 2.72. The van der Waals surface area contributed by atoms with Gasteiger partial charge in [0.15, 0.2) is 11.5 Å². The second kappa shape index (κ2) is 4.21. The number of nitrogens with one attached hydrogen (secondary N) is 1. The van der Waals surface area contributed by atoms with Crippen LogP contribution in [0.5, 0.6) is 11.5 Å². The molecule has 2 N–H and O–H groups in total. The Morgan fingerprint density at radius 1 is 1.33 bits per heavy atom. The molecule has 0 amide bonds. The number of hydrogen-bond donors (Lipinski definition) is 2. The van der Waals surface area contributed by atoms with Gasteiger partial charge in [-0.3, -0.25) is 4.79 Å². The van der Waals surface area contributed by atoms with Crippen molar-refractivity contribution in [1.82, 2.24) is 9.97 Å². The van der Waals surface area contributed by atoms with Gasteiger partial charge in [-0.2, -0.15) is 0 Å². The third kappa shape index (κ3) is 1.97. The fourth-order valence-corrected chi connectivity index (χ4v) is 1.95. The highest BCUT2D eigenvalue weighted by molar-refractivity contribution is 5.81. The van der Waals surface area contributed by atoms with Crippen LogP contribution in [0.1, 0.15) is 12.2 Å². The molecule has 0 aliphatic carbocycles. The van der Waals surface area contributed by atoms with Crippen LogP contribution in [-0.2, 0) is 11.2 Å². The lowest BCUT2D eigenvalue weighted by Crippen LogP contribution is -2.01. The van der Waals surface area contributed by atoms with Gasteiger partial charge in [0.2, 0.25) is 0 Å². The zero-order chi connectivity index (χ0) is 12.5. The van der Waals surface area contributed by atoms with E-state index in [1.807, 2.05) is 0 Å². The average molecular weight is 248 g/mol. The molecule has 0 fully saturated rings. The summed E-state index contributed by atoms with van der Waals surface area (Å²) in [5.41, 5.74) is 1.45. The van der Waals surface area contributed by atoms with E-state index in [1.54, 1.807) is 12.1 Å². The molecule has 0 saturated heterocycles. The Morgan fingerprint density at radius 3 is 2.78 bits per heavy atom. The number of aromatic nitrogens is 2. The fourth-order valence-electron chi connectivity index (χ4n) is 1.95. The molecule has 3 rings (SSSR count). The number of benzene rings is 1. The van der Waals surface area contributed by atoms with E-state index in [4.69, 9.17) is 14.6 Å². The molecule has 0 bridgehead atoms. The summed E-state index contributed by atoms with van der Waals surface area (Å²) >= 11 is 0. The number of carboxylic acids is 1. The average Bonchev–Trinajstić information content (AvgIpc) is 2.54. The fraction of sp³-hybridized carbons (Fsp3) is 0.333. The van der Waals surface area contributed by atoms with Gasteiger partial charge in [0.05, 0.1) is 24.2 Å². The van der Waals surface area contributed by atoms with Crippen molar-refractivity contribution in [2.45, 2.75) is 12.8 Å². The second-order valence-electron chi connectivity index (χ2n) is 4.12. The topological polar surface area (TPSA) is 84.4 Å². The largest absolute Gasteiger partial charge is 0.489 e. The molecule has 94 valence electrons. The van der Waals surface area contributed by atoms with Crippen LogP contribution in [-0.4, -0.2) is 34.3 Å². The van der Waals surface area contributed by atoms with Crippen molar-refractivity contribution in [1.29, 1.82) is 0 Å². The summed E-state index contributed by atoms with van der Waals surface area (Å²) in [5, 5.41) is 8.73. The number of H-pyrrole nitrogens is 1. The summed E-state index contributed by atoms with van der Waals surface area (Å²) in [5.74, 6) is 0.847. The van der Waals surface area contributed by atoms with Crippen molar-refractivity contribution in [3.8, 4) is 11.5 Å². The van der Waals surface area contributed by atoms with Crippen LogP contribution in [0, 0.1) is 0 Å². The van der Waals surface area contributed by atoms with E-state index in [-0.39, 0.29) is 6.42 Å². The van der Waals surface area contributed by atoms with Gasteiger partial charge in [0, 0.05) is 18.6 Å². The normalized spacial score (nSPS) is 14.4. The van der Waals surface area contributed by atoms with E-state index in [0.29, 0.717) is 36.1 Å². The molecule has 1 aliphatic rings. The monoisotopic (exact) mass is 248 g/mol. The Hall–Kier alpha value is -2.24. The Bertz CT molecular complexity index is 562. The van der Waals surface area contributed by atoms with Gasteiger partial charge in [0.1, 0.15) is 12.2 Å². The minimum Gasteiger partial charge on any atom is -0.489 e. The summed E-state index contributed by atoms with van der Waals surface area (Å²) in [4.78, 5) is 17.8. The molecule has 0 unspecified atom stereocenters. The number of ether oxygens (including phenoxy) is 2. The van der Waals surface area contributed by atoms with Crippen LogP contribution in [0.2, 0.25) is 0 Å². The molecule has 1 aromatic carbocycles. The van der Waals surface area contributed by atoms with Crippen molar-refractivity contribution < 1.29 is 19.4 Å². The van der Waals surface area contributed by atoms with E-state index in [1.165, 1.54) is 0 Å². The maximum atomic E-state index is 10.6. The van der Waals surface area contributed by atoms with Crippen LogP contribution < -0.4 is 9.47 Å². The number of fused-ring (bicyclic) bond motifs is 2. The molecule has 1 aliphatic heterocycles. The molecular weight excluding hydrogens is 236 g/mol. The van der Waals surface area contributed by atoms with Crippen LogP contribution in [0.3, 0.4) is 0 Å². The van der Waals surface area contributed by atoms with Gasteiger partial charge in [0.25, 0.3) is 0 Å². The Balaban J connectivity index is 2.03. The first-order chi connectivity index (χ1) is 8.72. The van der Waals surface area contributed by atoms with Crippen molar-refractivity contribution in [2.24, 2.45) is 0 Å².